The van der Waals surface area contributed by atoms with Gasteiger partial charge in [0.15, 0.2) is 0 Å². The number of rotatable bonds is 10. The zero-order valence-corrected chi connectivity index (χ0v) is 31.2. The summed E-state index contributed by atoms with van der Waals surface area (Å²) in [5.41, 5.74) is 3.33. The third kappa shape index (κ3) is 10.4. The number of carbonyl (C=O) groups is 1. The van der Waals surface area contributed by atoms with Crippen LogP contribution in [0, 0.1) is 17.8 Å². The van der Waals surface area contributed by atoms with Crippen LogP contribution in [0.4, 0.5) is 5.69 Å². The van der Waals surface area contributed by atoms with Crippen LogP contribution in [-0.2, 0) is 42.0 Å². The number of fused-ring (bicyclic) bond motifs is 3. The molecule has 5 rings (SSSR count). The third-order valence-electron chi connectivity index (χ3n) is 10.3. The largest absolute Gasteiger partial charge is 0.487 e. The molecule has 1 fully saturated rings. The van der Waals surface area contributed by atoms with Gasteiger partial charge in [0.25, 0.3) is 5.91 Å². The van der Waals surface area contributed by atoms with E-state index in [0.29, 0.717) is 69.4 Å². The fourth-order valence-electron chi connectivity index (χ4n) is 6.85. The topological polar surface area (TPSA) is 113 Å². The van der Waals surface area contributed by atoms with E-state index in [-0.39, 0.29) is 23.5 Å². The van der Waals surface area contributed by atoms with Crippen molar-refractivity contribution in [3.63, 3.8) is 0 Å². The highest BCUT2D eigenvalue weighted by atomic mass is 35.5. The predicted molar refractivity (Wildman–Crippen MR) is 196 cm³/mol. The molecule has 2 heterocycles. The van der Waals surface area contributed by atoms with Crippen LogP contribution in [-0.4, -0.2) is 85.5 Å². The zero-order valence-electron chi connectivity index (χ0n) is 29.6. The Morgan fingerprint density at radius 1 is 0.960 bits per heavy atom. The summed E-state index contributed by atoms with van der Waals surface area (Å²) >= 11 is 6.36. The van der Waals surface area contributed by atoms with Crippen LogP contribution in [0.3, 0.4) is 0 Å². The van der Waals surface area contributed by atoms with Gasteiger partial charge < -0.3 is 28.6 Å². The van der Waals surface area contributed by atoms with Crippen molar-refractivity contribution in [1.29, 1.82) is 0 Å². The molecule has 12 heteroatoms. The summed E-state index contributed by atoms with van der Waals surface area (Å²) in [5.74, 6) is 0.437. The van der Waals surface area contributed by atoms with E-state index < -0.39 is 21.2 Å². The first-order valence-corrected chi connectivity index (χ1v) is 19.9. The van der Waals surface area contributed by atoms with Crippen molar-refractivity contribution in [3.8, 4) is 5.75 Å². The number of nitrogens with one attached hydrogen (secondary N) is 1. The van der Waals surface area contributed by atoms with Crippen molar-refractivity contribution in [2.24, 2.45) is 17.8 Å². The first kappa shape index (κ1) is 38.6. The van der Waals surface area contributed by atoms with Gasteiger partial charge in [-0.05, 0) is 105 Å². The van der Waals surface area contributed by atoms with Gasteiger partial charge in [0, 0.05) is 30.8 Å². The maximum absolute atomic E-state index is 13.5. The van der Waals surface area contributed by atoms with Crippen molar-refractivity contribution in [2.75, 3.05) is 64.7 Å². The van der Waals surface area contributed by atoms with Gasteiger partial charge in [-0.1, -0.05) is 36.7 Å². The molecule has 1 saturated carbocycles. The Hall–Kier alpha value is -2.67. The highest BCUT2D eigenvalue weighted by Gasteiger charge is 2.38. The Bertz CT molecular complexity index is 1550. The quantitative estimate of drug-likeness (QED) is 0.226. The standard InChI is InChI=1S/C38H53ClN2O8S/c1-27-7-6-9-36(48-22-21-47-20-19-46-18-17-45-3)34-14-11-31(34)25-41-16-5-4-8-29-23-33(39)13-10-32(29)26-49-37-15-12-30(24-35(37)41)38(42)40-50(43,44)28(27)2/h6,9-10,12-13,15,23-24,27-28,31,34,36H,4-5,7-8,11,14,16-22,25-26H2,1-3H3,(H,40,42)/b9-6+/t27-,28+,31-,34+,36-/m0/s1. The summed E-state index contributed by atoms with van der Waals surface area (Å²) in [6.07, 6.45) is 9.43. The van der Waals surface area contributed by atoms with E-state index in [1.807, 2.05) is 31.2 Å². The van der Waals surface area contributed by atoms with Crippen LogP contribution in [0.15, 0.2) is 48.6 Å². The molecule has 276 valence electrons. The van der Waals surface area contributed by atoms with Crippen molar-refractivity contribution in [1.82, 2.24) is 4.72 Å². The van der Waals surface area contributed by atoms with E-state index in [1.165, 1.54) is 5.56 Å². The van der Waals surface area contributed by atoms with Crippen molar-refractivity contribution in [2.45, 2.75) is 70.3 Å². The van der Waals surface area contributed by atoms with Crippen molar-refractivity contribution < 1.29 is 36.9 Å². The summed E-state index contributed by atoms with van der Waals surface area (Å²) in [6, 6.07) is 11.2. The SMILES string of the molecule is COCCOCCOCCO[C@H]1/C=C/C[C@H](C)[C@@H](C)S(=O)(=O)NC(=O)c2ccc3c(c2)N(CCCCc2cc(Cl)ccc2CO3)C[C@@H]2CC[C@H]21. The lowest BCUT2D eigenvalue weighted by Gasteiger charge is -2.44. The van der Waals surface area contributed by atoms with Gasteiger partial charge in [0.2, 0.25) is 10.0 Å². The molecule has 1 amide bonds. The molecule has 1 N–H and O–H groups in total. The molecule has 2 aromatic carbocycles. The van der Waals surface area contributed by atoms with Gasteiger partial charge in [0.1, 0.15) is 12.4 Å². The number of benzene rings is 2. The minimum absolute atomic E-state index is 0.132. The summed E-state index contributed by atoms with van der Waals surface area (Å²) in [4.78, 5) is 15.8. The number of halogens is 1. The van der Waals surface area contributed by atoms with Gasteiger partial charge in [-0.3, -0.25) is 4.79 Å². The maximum Gasteiger partial charge on any atom is 0.264 e. The Morgan fingerprint density at radius 3 is 2.50 bits per heavy atom. The summed E-state index contributed by atoms with van der Waals surface area (Å²) in [7, 11) is -2.30. The number of hydrogen-bond acceptors (Lipinski definition) is 9. The summed E-state index contributed by atoms with van der Waals surface area (Å²) < 4.78 is 58.3. The minimum atomic E-state index is -3.94. The Morgan fingerprint density at radius 2 is 1.74 bits per heavy atom. The molecule has 0 saturated heterocycles. The minimum Gasteiger partial charge on any atom is -0.487 e. The van der Waals surface area contributed by atoms with E-state index in [2.05, 4.69) is 15.7 Å². The van der Waals surface area contributed by atoms with Gasteiger partial charge in [0.05, 0.1) is 56.7 Å². The monoisotopic (exact) mass is 732 g/mol. The Balaban J connectivity index is 1.40. The molecule has 2 aromatic rings. The van der Waals surface area contributed by atoms with Crippen molar-refractivity contribution in [3.05, 3.63) is 70.3 Å². The highest BCUT2D eigenvalue weighted by molar-refractivity contribution is 7.90. The number of allylic oxidation sites excluding steroid dienone is 1. The second-order valence-electron chi connectivity index (χ2n) is 13.7. The van der Waals surface area contributed by atoms with Crippen LogP contribution in [0.2, 0.25) is 5.02 Å². The molecule has 0 radical (unpaired) electrons. The number of nitrogens with zero attached hydrogens (tertiary/aromatic N) is 1. The van der Waals surface area contributed by atoms with Crippen LogP contribution in [0.1, 0.15) is 67.4 Å². The lowest BCUT2D eigenvalue weighted by Crippen LogP contribution is -2.44. The molecular weight excluding hydrogens is 680 g/mol. The average Bonchev–Trinajstić information content (AvgIpc) is 3.11. The van der Waals surface area contributed by atoms with Crippen LogP contribution < -0.4 is 14.4 Å². The number of sulfonamides is 1. The Kier molecular flexibility index (Phi) is 14.4. The molecule has 50 heavy (non-hydrogen) atoms. The molecule has 5 atom stereocenters. The molecule has 10 nitrogen and oxygen atoms in total. The number of hydrogen-bond donors (Lipinski definition) is 1. The van der Waals surface area contributed by atoms with E-state index in [0.717, 1.165) is 56.4 Å². The van der Waals surface area contributed by atoms with Gasteiger partial charge >= 0.3 is 0 Å². The molecule has 2 bridgehead atoms. The van der Waals surface area contributed by atoms with Crippen LogP contribution in [0.5, 0.6) is 5.75 Å². The number of anilines is 1. The number of methoxy groups -OCH3 is 1. The summed E-state index contributed by atoms with van der Waals surface area (Å²) in [6.45, 7) is 8.40. The van der Waals surface area contributed by atoms with Crippen LogP contribution >= 0.6 is 11.6 Å². The van der Waals surface area contributed by atoms with E-state index in [9.17, 15) is 13.2 Å². The fraction of sp³-hybridized carbons (Fsp3) is 0.605. The van der Waals surface area contributed by atoms with Crippen LogP contribution in [0.25, 0.3) is 0 Å². The predicted octanol–water partition coefficient (Wildman–Crippen LogP) is 6.20. The van der Waals surface area contributed by atoms with Gasteiger partial charge in [-0.2, -0.15) is 0 Å². The van der Waals surface area contributed by atoms with Crippen molar-refractivity contribution >= 4 is 33.2 Å². The average molecular weight is 733 g/mol. The van der Waals surface area contributed by atoms with Gasteiger partial charge in [-0.25, -0.2) is 13.1 Å². The summed E-state index contributed by atoms with van der Waals surface area (Å²) in [5, 5.41) is -0.0765. The Labute approximate surface area is 302 Å². The molecule has 0 unspecified atom stereocenters. The number of ether oxygens (including phenoxy) is 5. The van der Waals surface area contributed by atoms with E-state index >= 15 is 0 Å². The van der Waals surface area contributed by atoms with E-state index in [4.69, 9.17) is 35.3 Å². The molecule has 2 aliphatic heterocycles. The zero-order chi connectivity index (χ0) is 35.5. The number of amides is 1. The second kappa shape index (κ2) is 18.7. The third-order valence-corrected chi connectivity index (χ3v) is 12.4. The van der Waals surface area contributed by atoms with E-state index in [1.54, 1.807) is 32.2 Å². The number of aryl methyl sites for hydroxylation is 1. The highest BCUT2D eigenvalue weighted by Crippen LogP contribution is 2.42. The molecule has 0 aromatic heterocycles. The maximum atomic E-state index is 13.5. The fourth-order valence-corrected chi connectivity index (χ4v) is 8.33. The lowest BCUT2D eigenvalue weighted by molar-refractivity contribution is -0.0442. The normalized spacial score (nSPS) is 26.3. The smallest absolute Gasteiger partial charge is 0.264 e. The molecule has 1 aliphatic carbocycles. The van der Waals surface area contributed by atoms with Gasteiger partial charge in [-0.15, -0.1) is 0 Å². The second-order valence-corrected chi connectivity index (χ2v) is 16.1. The molecule has 0 spiro atoms. The first-order chi connectivity index (χ1) is 24.2. The lowest BCUT2D eigenvalue weighted by atomic mass is 9.70. The number of carbonyl (C=O) groups excluding carboxylic acids is 1. The first-order valence-electron chi connectivity index (χ1n) is 17.9. The molecular formula is C38H53ClN2O8S. The molecule has 3 aliphatic rings.